The van der Waals surface area contributed by atoms with Crippen LogP contribution in [0.5, 0.6) is 11.5 Å². The molecule has 3 N–H and O–H groups in total. The molecule has 0 saturated carbocycles. The maximum Gasteiger partial charge on any atom is 0.340 e. The number of piperidine rings is 1. The molecule has 8 heteroatoms. The zero-order valence-electron chi connectivity index (χ0n) is 22.0. The summed E-state index contributed by atoms with van der Waals surface area (Å²) in [5, 5.41) is 34.0. The van der Waals surface area contributed by atoms with E-state index in [-0.39, 0.29) is 29.5 Å². The van der Waals surface area contributed by atoms with Crippen LogP contribution in [0.2, 0.25) is 0 Å². The third kappa shape index (κ3) is 5.64. The molecule has 2 heterocycles. The van der Waals surface area contributed by atoms with Crippen LogP contribution in [0.1, 0.15) is 87.7 Å². The summed E-state index contributed by atoms with van der Waals surface area (Å²) in [6.07, 6.45) is 2.47. The van der Waals surface area contributed by atoms with E-state index in [0.29, 0.717) is 11.1 Å². The summed E-state index contributed by atoms with van der Waals surface area (Å²) in [5.41, 5.74) is 3.37. The van der Waals surface area contributed by atoms with Gasteiger partial charge in [0.05, 0.1) is 0 Å². The molecule has 1 fully saturated rings. The highest BCUT2D eigenvalue weighted by Gasteiger charge is 2.40. The second-order valence-corrected chi connectivity index (χ2v) is 10.9. The molecular formula is C28H39N5O3. The van der Waals surface area contributed by atoms with Crippen LogP contribution in [0.15, 0.2) is 46.7 Å². The van der Waals surface area contributed by atoms with Crippen molar-refractivity contribution < 1.29 is 15.0 Å². The Morgan fingerprint density at radius 2 is 1.72 bits per heavy atom. The largest absolute Gasteiger partial charge is 0.508 e. The molecule has 2 aliphatic heterocycles. The number of benzene rings is 2. The molecule has 0 aliphatic carbocycles. The molecule has 0 spiro atoms. The SMILES string of the molecule is CC1CCN(Cc2ccc(C3C(c4cc(C(C)C)c(O)cc4O)N=NN3C(=O)NC(C)C)cc2)CC1. The Bertz CT molecular complexity index is 1090. The molecule has 2 unspecified atom stereocenters. The smallest absolute Gasteiger partial charge is 0.340 e. The summed E-state index contributed by atoms with van der Waals surface area (Å²) in [4.78, 5) is 15.5. The molecule has 194 valence electrons. The molecule has 0 bridgehead atoms. The summed E-state index contributed by atoms with van der Waals surface area (Å²) in [5.74, 6) is 0.834. The molecule has 1 saturated heterocycles. The molecule has 2 aromatic carbocycles. The van der Waals surface area contributed by atoms with E-state index in [0.717, 1.165) is 31.1 Å². The number of nitrogens with zero attached hydrogens (tertiary/aromatic N) is 4. The highest BCUT2D eigenvalue weighted by molar-refractivity contribution is 5.75. The third-order valence-corrected chi connectivity index (χ3v) is 7.18. The van der Waals surface area contributed by atoms with Crippen LogP contribution in [0, 0.1) is 5.92 Å². The Hall–Kier alpha value is -3.13. The summed E-state index contributed by atoms with van der Waals surface area (Å²) in [7, 11) is 0. The van der Waals surface area contributed by atoms with Gasteiger partial charge in [0.25, 0.3) is 0 Å². The molecule has 36 heavy (non-hydrogen) atoms. The first kappa shape index (κ1) is 25.9. The fourth-order valence-corrected chi connectivity index (χ4v) is 5.01. The Labute approximate surface area is 214 Å². The van der Waals surface area contributed by atoms with E-state index in [2.05, 4.69) is 39.6 Å². The van der Waals surface area contributed by atoms with E-state index >= 15 is 0 Å². The van der Waals surface area contributed by atoms with Gasteiger partial charge < -0.3 is 15.5 Å². The number of amides is 2. The predicted octanol–water partition coefficient (Wildman–Crippen LogP) is 6.04. The first-order chi connectivity index (χ1) is 17.1. The molecular weight excluding hydrogens is 454 g/mol. The monoisotopic (exact) mass is 493 g/mol. The highest BCUT2D eigenvalue weighted by Crippen LogP contribution is 2.47. The van der Waals surface area contributed by atoms with Gasteiger partial charge in [-0.3, -0.25) is 4.90 Å². The molecule has 0 radical (unpaired) electrons. The van der Waals surface area contributed by atoms with Crippen molar-refractivity contribution in [2.75, 3.05) is 13.1 Å². The fourth-order valence-electron chi connectivity index (χ4n) is 5.01. The van der Waals surface area contributed by atoms with Crippen molar-refractivity contribution in [3.05, 3.63) is 58.7 Å². The number of aromatic hydroxyl groups is 2. The quantitative estimate of drug-likeness (QED) is 0.457. The first-order valence-corrected chi connectivity index (χ1v) is 13.0. The van der Waals surface area contributed by atoms with Crippen LogP contribution in [0.25, 0.3) is 0 Å². The number of carbonyl (C=O) groups excluding carboxylic acids is 1. The number of rotatable bonds is 6. The van der Waals surface area contributed by atoms with Crippen LogP contribution in [-0.4, -0.2) is 45.3 Å². The van der Waals surface area contributed by atoms with Gasteiger partial charge in [-0.1, -0.05) is 50.3 Å². The van der Waals surface area contributed by atoms with Gasteiger partial charge in [-0.25, -0.2) is 4.79 Å². The maximum absolute atomic E-state index is 13.0. The summed E-state index contributed by atoms with van der Waals surface area (Å²) in [6, 6.07) is 9.90. The van der Waals surface area contributed by atoms with Crippen LogP contribution in [-0.2, 0) is 6.54 Å². The number of likely N-dealkylation sites (tertiary alicyclic amines) is 1. The van der Waals surface area contributed by atoms with Gasteiger partial charge in [-0.05, 0) is 74.4 Å². The number of phenolic OH excluding ortho intramolecular Hbond substituents is 2. The minimum Gasteiger partial charge on any atom is -0.508 e. The maximum atomic E-state index is 13.0. The normalized spacial score (nSPS) is 21.0. The Balaban J connectivity index is 1.64. The van der Waals surface area contributed by atoms with Crippen LogP contribution >= 0.6 is 0 Å². The minimum absolute atomic E-state index is 0.0450. The van der Waals surface area contributed by atoms with Crippen molar-refractivity contribution in [2.45, 2.75) is 78.0 Å². The van der Waals surface area contributed by atoms with Gasteiger partial charge in [-0.15, -0.1) is 0 Å². The number of nitrogens with one attached hydrogen (secondary N) is 1. The molecule has 2 amide bonds. The van der Waals surface area contributed by atoms with Gasteiger partial charge in [0.1, 0.15) is 23.6 Å². The summed E-state index contributed by atoms with van der Waals surface area (Å²) in [6.45, 7) is 13.2. The molecule has 2 atom stereocenters. The standard InChI is InChI=1S/C28H39N5O3/c1-17(2)22-14-23(25(35)15-24(22)34)26-27(33(31-30-26)28(36)29-18(3)4)21-8-6-20(7-9-21)16-32-12-10-19(5)11-13-32/h6-9,14-15,17-19,26-27,34-35H,10-13,16H2,1-5H3,(H,29,36). The predicted molar refractivity (Wildman–Crippen MR) is 140 cm³/mol. The van der Waals surface area contributed by atoms with E-state index in [4.69, 9.17) is 0 Å². The van der Waals surface area contributed by atoms with E-state index in [1.54, 1.807) is 6.07 Å². The first-order valence-electron chi connectivity index (χ1n) is 13.0. The lowest BCUT2D eigenvalue weighted by Crippen LogP contribution is -2.41. The van der Waals surface area contributed by atoms with Gasteiger partial charge in [0.15, 0.2) is 0 Å². The van der Waals surface area contributed by atoms with Crippen LogP contribution in [0.3, 0.4) is 0 Å². The van der Waals surface area contributed by atoms with E-state index in [1.807, 2.05) is 39.8 Å². The molecule has 2 aliphatic rings. The second kappa shape index (κ2) is 10.9. The van der Waals surface area contributed by atoms with Crippen molar-refractivity contribution in [2.24, 2.45) is 16.3 Å². The van der Waals surface area contributed by atoms with Gasteiger partial charge in [0, 0.05) is 24.2 Å². The fraction of sp³-hybridized carbons (Fsp3) is 0.536. The van der Waals surface area contributed by atoms with Gasteiger partial charge >= 0.3 is 6.03 Å². The van der Waals surface area contributed by atoms with Crippen molar-refractivity contribution in [1.29, 1.82) is 0 Å². The molecule has 2 aromatic rings. The van der Waals surface area contributed by atoms with Crippen LogP contribution in [0.4, 0.5) is 4.79 Å². The minimum atomic E-state index is -0.601. The average molecular weight is 494 g/mol. The van der Waals surface area contributed by atoms with Gasteiger partial charge in [-0.2, -0.15) is 10.1 Å². The lowest BCUT2D eigenvalue weighted by atomic mass is 9.89. The van der Waals surface area contributed by atoms with E-state index < -0.39 is 12.1 Å². The lowest BCUT2D eigenvalue weighted by molar-refractivity contribution is 0.179. The van der Waals surface area contributed by atoms with E-state index in [9.17, 15) is 15.0 Å². The van der Waals surface area contributed by atoms with Crippen molar-refractivity contribution in [3.8, 4) is 11.5 Å². The highest BCUT2D eigenvalue weighted by atomic mass is 16.3. The van der Waals surface area contributed by atoms with Gasteiger partial charge in [0.2, 0.25) is 0 Å². The average Bonchev–Trinajstić information content (AvgIpc) is 3.25. The molecule has 0 aromatic heterocycles. The Morgan fingerprint density at radius 1 is 1.06 bits per heavy atom. The topological polar surface area (TPSA) is 101 Å². The zero-order chi connectivity index (χ0) is 26.0. The Morgan fingerprint density at radius 3 is 2.33 bits per heavy atom. The van der Waals surface area contributed by atoms with E-state index in [1.165, 1.54) is 29.5 Å². The molecule has 4 rings (SSSR count). The summed E-state index contributed by atoms with van der Waals surface area (Å²) < 4.78 is 0. The second-order valence-electron chi connectivity index (χ2n) is 10.9. The molecule has 8 nitrogen and oxygen atoms in total. The Kier molecular flexibility index (Phi) is 7.83. The third-order valence-electron chi connectivity index (χ3n) is 7.18. The number of urea groups is 1. The van der Waals surface area contributed by atoms with Crippen LogP contribution < -0.4 is 5.32 Å². The lowest BCUT2D eigenvalue weighted by Gasteiger charge is -2.30. The van der Waals surface area contributed by atoms with Crippen molar-refractivity contribution >= 4 is 6.03 Å². The van der Waals surface area contributed by atoms with Crippen molar-refractivity contribution in [1.82, 2.24) is 15.2 Å². The van der Waals surface area contributed by atoms with Crippen molar-refractivity contribution in [3.63, 3.8) is 0 Å². The number of hydrogen-bond donors (Lipinski definition) is 3. The number of hydrogen-bond acceptors (Lipinski definition) is 6. The summed E-state index contributed by atoms with van der Waals surface area (Å²) >= 11 is 0. The number of phenols is 2. The number of carbonyl (C=O) groups is 1. The zero-order valence-corrected chi connectivity index (χ0v) is 22.0.